The second-order valence-corrected chi connectivity index (χ2v) is 3.33. The average molecular weight is 297 g/mol. The van der Waals surface area contributed by atoms with Gasteiger partial charge in [0.25, 0.3) is 0 Å². The summed E-state index contributed by atoms with van der Waals surface area (Å²) in [4.78, 5) is 0. The molecule has 1 aliphatic rings. The van der Waals surface area contributed by atoms with Crippen LogP contribution in [0.15, 0.2) is 66.7 Å². The van der Waals surface area contributed by atoms with Crippen molar-refractivity contribution in [1.29, 1.82) is 0 Å². The molecule has 0 nitrogen and oxygen atoms in total. The second kappa shape index (κ2) is 9.44. The van der Waals surface area contributed by atoms with Crippen LogP contribution in [0.25, 0.3) is 5.57 Å². The Morgan fingerprint density at radius 2 is 1.53 bits per heavy atom. The van der Waals surface area contributed by atoms with Crippen molar-refractivity contribution in [2.24, 2.45) is 0 Å². The molecule has 2 aromatic carbocycles. The number of hydrogen-bond donors (Lipinski definition) is 0. The van der Waals surface area contributed by atoms with Crippen molar-refractivity contribution >= 4 is 5.57 Å². The molecular weight excluding hydrogens is 284 g/mol. The van der Waals surface area contributed by atoms with Gasteiger partial charge < -0.3 is 42.0 Å². The molecule has 0 saturated heterocycles. The molecule has 0 N–H and O–H groups in total. The molecule has 1 aliphatic carbocycles. The Bertz CT molecular complexity index is 404. The van der Waals surface area contributed by atoms with Crippen molar-refractivity contribution in [3.05, 3.63) is 78.4 Å². The first-order chi connectivity index (χ1) is 7.47. The van der Waals surface area contributed by atoms with Gasteiger partial charge in [-0.3, -0.25) is 6.08 Å². The summed E-state index contributed by atoms with van der Waals surface area (Å²) in [5.41, 5.74) is 2.53. The Labute approximate surface area is 129 Å². The predicted molar refractivity (Wildman–Crippen MR) is 64.5 cm³/mol. The van der Waals surface area contributed by atoms with Crippen LogP contribution in [0.2, 0.25) is 0 Å². The Hall–Kier alpha value is -0.586. The molecule has 0 spiro atoms. The fraction of sp³-hybridized carbons (Fsp3) is 0.0667. The molecule has 2 aromatic rings. The van der Waals surface area contributed by atoms with Crippen molar-refractivity contribution in [3.8, 4) is 0 Å². The van der Waals surface area contributed by atoms with Crippen LogP contribution in [0, 0.1) is 6.08 Å². The molecule has 92 valence electrons. The Morgan fingerprint density at radius 3 is 1.94 bits per heavy atom. The van der Waals surface area contributed by atoms with Gasteiger partial charge in [-0.25, -0.2) is 11.6 Å². The molecule has 0 aliphatic heterocycles. The van der Waals surface area contributed by atoms with Crippen LogP contribution < -0.4 is 0 Å². The van der Waals surface area contributed by atoms with Gasteiger partial charge in [-0.15, -0.1) is 6.42 Å². The Balaban J connectivity index is 0.000000318. The largest absolute Gasteiger partial charge is 0.748 e. The third-order valence-electron chi connectivity index (χ3n) is 2.22. The number of rotatable bonds is 1. The minimum atomic E-state index is 0. The topological polar surface area (TPSA) is 0 Å². The van der Waals surface area contributed by atoms with Crippen molar-refractivity contribution in [1.82, 2.24) is 0 Å². The molecule has 0 radical (unpaired) electrons. The normalized spacial score (nSPS) is 11.6. The van der Waals surface area contributed by atoms with Crippen LogP contribution in [0.1, 0.15) is 12.0 Å². The molecule has 0 aromatic heterocycles. The molecule has 0 amide bonds. The summed E-state index contributed by atoms with van der Waals surface area (Å²) in [5, 5.41) is 0. The first-order valence-corrected chi connectivity index (χ1v) is 5.13. The van der Waals surface area contributed by atoms with Gasteiger partial charge in [0.05, 0.1) is 0 Å². The molecule has 0 atom stereocenters. The van der Waals surface area contributed by atoms with E-state index >= 15 is 0 Å². The smallest absolute Gasteiger partial charge is 0 e. The fourth-order valence-electron chi connectivity index (χ4n) is 1.48. The quantitative estimate of drug-likeness (QED) is 0.552. The number of hydrogen-bond acceptors (Lipinski definition) is 0. The first kappa shape index (κ1) is 16.4. The van der Waals surface area contributed by atoms with E-state index in [0.29, 0.717) is 0 Å². The second-order valence-electron chi connectivity index (χ2n) is 3.33. The third-order valence-corrected chi connectivity index (χ3v) is 2.22. The summed E-state index contributed by atoms with van der Waals surface area (Å²) in [6.45, 7) is 0. The Morgan fingerprint density at radius 1 is 1.00 bits per heavy atom. The molecule has 0 saturated carbocycles. The van der Waals surface area contributed by atoms with Crippen LogP contribution >= 0.6 is 0 Å². The predicted octanol–water partition coefficient (Wildman–Crippen LogP) is 3.95. The molecule has 3 rings (SSSR count). The van der Waals surface area contributed by atoms with Gasteiger partial charge >= 0.3 is 0 Å². The zero-order valence-corrected chi connectivity index (χ0v) is 12.1. The molecule has 0 heterocycles. The van der Waals surface area contributed by atoms with Gasteiger partial charge in [-0.05, 0) is 0 Å². The van der Waals surface area contributed by atoms with Gasteiger partial charge in [0.15, 0.2) is 0 Å². The summed E-state index contributed by atoms with van der Waals surface area (Å²) < 4.78 is 0. The van der Waals surface area contributed by atoms with E-state index in [9.17, 15) is 0 Å². The van der Waals surface area contributed by atoms with Crippen LogP contribution in [-0.2, 0) is 38.8 Å². The third kappa shape index (κ3) is 5.52. The molecule has 0 fully saturated rings. The van der Waals surface area contributed by atoms with E-state index in [1.807, 2.05) is 30.3 Å². The van der Waals surface area contributed by atoms with Gasteiger partial charge in [-0.2, -0.15) is 12.1 Å². The standard InChI is InChI=1S/C10H8.C5H5.Fe.Ti/c1-2-6-9(5-1)10-7-3-4-8-10;1-2-4-5-3-1;;/h1-3,5-7H,4H2;1-5H;;/q-2;-5;;. The zero-order valence-electron chi connectivity index (χ0n) is 9.41. The van der Waals surface area contributed by atoms with E-state index < -0.39 is 0 Å². The SMILES string of the molecule is [C-]1=C([c-]2cccc2)C=CC1.[Fe].[Ti].[cH-]1[cH-][cH-][cH-][cH-]1. The van der Waals surface area contributed by atoms with Crippen molar-refractivity contribution < 1.29 is 38.8 Å². The van der Waals surface area contributed by atoms with E-state index in [4.69, 9.17) is 0 Å². The molecule has 2 heteroatoms. The summed E-state index contributed by atoms with van der Waals surface area (Å²) in [5.74, 6) is 0. The van der Waals surface area contributed by atoms with Gasteiger partial charge in [0.1, 0.15) is 0 Å². The fourth-order valence-corrected chi connectivity index (χ4v) is 1.48. The summed E-state index contributed by atoms with van der Waals surface area (Å²) in [6, 6.07) is 18.3. The van der Waals surface area contributed by atoms with Crippen LogP contribution in [0.5, 0.6) is 0 Å². The van der Waals surface area contributed by atoms with Crippen molar-refractivity contribution in [2.75, 3.05) is 0 Å². The zero-order chi connectivity index (χ0) is 10.3. The van der Waals surface area contributed by atoms with Crippen LogP contribution in [-0.4, -0.2) is 0 Å². The van der Waals surface area contributed by atoms with E-state index in [2.05, 4.69) is 42.5 Å². The van der Waals surface area contributed by atoms with Gasteiger partial charge in [0.2, 0.25) is 0 Å². The van der Waals surface area contributed by atoms with Crippen LogP contribution in [0.4, 0.5) is 0 Å². The Kier molecular flexibility index (Phi) is 9.12. The summed E-state index contributed by atoms with van der Waals surface area (Å²) >= 11 is 0. The first-order valence-electron chi connectivity index (χ1n) is 5.13. The van der Waals surface area contributed by atoms with Crippen LogP contribution in [0.3, 0.4) is 0 Å². The van der Waals surface area contributed by atoms with E-state index in [1.54, 1.807) is 0 Å². The monoisotopic (exact) mass is 297 g/mol. The van der Waals surface area contributed by atoms with Crippen molar-refractivity contribution in [2.45, 2.75) is 6.42 Å². The average Bonchev–Trinajstić information content (AvgIpc) is 3.06. The maximum Gasteiger partial charge on any atom is 0 e. The minimum absolute atomic E-state index is 0. The molecule has 0 bridgehead atoms. The van der Waals surface area contributed by atoms with E-state index in [1.165, 1.54) is 11.1 Å². The summed E-state index contributed by atoms with van der Waals surface area (Å²) in [6.07, 6.45) is 8.48. The van der Waals surface area contributed by atoms with E-state index in [0.717, 1.165) is 6.42 Å². The van der Waals surface area contributed by atoms with Gasteiger partial charge in [0, 0.05) is 38.8 Å². The maximum atomic E-state index is 3.26. The molecular formula is C15H13FeTi-7. The van der Waals surface area contributed by atoms with Gasteiger partial charge in [-0.1, -0.05) is 12.1 Å². The number of allylic oxidation sites excluding steroid dienone is 4. The molecule has 0 unspecified atom stereocenters. The molecule has 17 heavy (non-hydrogen) atoms. The van der Waals surface area contributed by atoms with E-state index in [-0.39, 0.29) is 38.8 Å². The van der Waals surface area contributed by atoms with Crippen molar-refractivity contribution in [3.63, 3.8) is 0 Å². The maximum absolute atomic E-state index is 3.26. The summed E-state index contributed by atoms with van der Waals surface area (Å²) in [7, 11) is 0. The minimum Gasteiger partial charge on any atom is -0.748 e.